The minimum Gasteiger partial charge on any atom is -0.297 e. The van der Waals surface area contributed by atoms with Crippen molar-refractivity contribution in [3.8, 4) is 0 Å². The first-order valence-corrected chi connectivity index (χ1v) is 7.52. The van der Waals surface area contributed by atoms with Crippen molar-refractivity contribution >= 4 is 15.9 Å². The molecule has 0 heterocycles. The van der Waals surface area contributed by atoms with Crippen LogP contribution in [0.1, 0.15) is 45.6 Å². The standard InChI is InChI=1S/C15H23BrFN/c1-4-5-6-10-18(12(2)3)11-13-8-7-9-14(17)15(13)16/h7-9,12H,4-6,10-11H2,1-3H3. The van der Waals surface area contributed by atoms with E-state index in [2.05, 4.69) is 41.6 Å². The molecule has 0 radical (unpaired) electrons. The van der Waals surface area contributed by atoms with Crippen LogP contribution >= 0.6 is 15.9 Å². The predicted octanol–water partition coefficient (Wildman–Crippen LogP) is 4.99. The zero-order valence-corrected chi connectivity index (χ0v) is 13.1. The molecule has 18 heavy (non-hydrogen) atoms. The molecule has 0 atom stereocenters. The Morgan fingerprint density at radius 3 is 2.61 bits per heavy atom. The highest BCUT2D eigenvalue weighted by molar-refractivity contribution is 9.10. The molecule has 1 nitrogen and oxygen atoms in total. The summed E-state index contributed by atoms with van der Waals surface area (Å²) >= 11 is 3.34. The Hall–Kier alpha value is -0.410. The maximum Gasteiger partial charge on any atom is 0.137 e. The van der Waals surface area contributed by atoms with Gasteiger partial charge < -0.3 is 0 Å². The van der Waals surface area contributed by atoms with Gasteiger partial charge in [0.25, 0.3) is 0 Å². The molecular weight excluding hydrogens is 293 g/mol. The molecule has 1 aromatic rings. The van der Waals surface area contributed by atoms with Crippen molar-refractivity contribution in [1.82, 2.24) is 4.90 Å². The van der Waals surface area contributed by atoms with Crippen LogP contribution < -0.4 is 0 Å². The van der Waals surface area contributed by atoms with Gasteiger partial charge in [0.1, 0.15) is 5.82 Å². The van der Waals surface area contributed by atoms with Gasteiger partial charge in [-0.05, 0) is 54.4 Å². The van der Waals surface area contributed by atoms with E-state index in [1.54, 1.807) is 6.07 Å². The molecule has 0 fully saturated rings. The van der Waals surface area contributed by atoms with Crippen LogP contribution in [0.15, 0.2) is 22.7 Å². The fourth-order valence-electron chi connectivity index (χ4n) is 1.97. The maximum absolute atomic E-state index is 13.5. The average molecular weight is 316 g/mol. The Morgan fingerprint density at radius 2 is 2.00 bits per heavy atom. The average Bonchev–Trinajstić information content (AvgIpc) is 2.33. The number of hydrogen-bond acceptors (Lipinski definition) is 1. The Balaban J connectivity index is 2.68. The monoisotopic (exact) mass is 315 g/mol. The highest BCUT2D eigenvalue weighted by Crippen LogP contribution is 2.22. The molecule has 0 bridgehead atoms. The summed E-state index contributed by atoms with van der Waals surface area (Å²) in [6, 6.07) is 5.74. The lowest BCUT2D eigenvalue weighted by atomic mass is 10.1. The summed E-state index contributed by atoms with van der Waals surface area (Å²) in [5.74, 6) is -0.176. The van der Waals surface area contributed by atoms with E-state index in [1.165, 1.54) is 25.3 Å². The highest BCUT2D eigenvalue weighted by atomic mass is 79.9. The van der Waals surface area contributed by atoms with Crippen LogP contribution in [0.3, 0.4) is 0 Å². The zero-order chi connectivity index (χ0) is 13.5. The van der Waals surface area contributed by atoms with E-state index in [0.29, 0.717) is 10.5 Å². The van der Waals surface area contributed by atoms with Crippen molar-refractivity contribution in [2.75, 3.05) is 6.54 Å². The van der Waals surface area contributed by atoms with E-state index in [-0.39, 0.29) is 5.82 Å². The Morgan fingerprint density at radius 1 is 1.28 bits per heavy atom. The van der Waals surface area contributed by atoms with Crippen molar-refractivity contribution in [1.29, 1.82) is 0 Å². The first-order chi connectivity index (χ1) is 8.56. The first-order valence-electron chi connectivity index (χ1n) is 6.73. The second kappa shape index (κ2) is 7.90. The molecule has 0 amide bonds. The summed E-state index contributed by atoms with van der Waals surface area (Å²) in [6.45, 7) is 8.48. The Bertz CT molecular complexity index is 366. The van der Waals surface area contributed by atoms with Crippen LogP contribution in [0, 0.1) is 5.82 Å². The third-order valence-corrected chi connectivity index (χ3v) is 4.07. The topological polar surface area (TPSA) is 3.24 Å². The molecule has 0 N–H and O–H groups in total. The van der Waals surface area contributed by atoms with Gasteiger partial charge in [0.15, 0.2) is 0 Å². The van der Waals surface area contributed by atoms with Crippen LogP contribution in [0.25, 0.3) is 0 Å². The molecule has 3 heteroatoms. The van der Waals surface area contributed by atoms with Crippen molar-refractivity contribution < 1.29 is 4.39 Å². The van der Waals surface area contributed by atoms with Crippen molar-refractivity contribution in [2.45, 2.75) is 52.6 Å². The van der Waals surface area contributed by atoms with Gasteiger partial charge in [0.05, 0.1) is 4.47 Å². The summed E-state index contributed by atoms with van der Waals surface area (Å²) in [5, 5.41) is 0. The first kappa shape index (κ1) is 15.6. The number of hydrogen-bond donors (Lipinski definition) is 0. The zero-order valence-electron chi connectivity index (χ0n) is 11.5. The minimum atomic E-state index is -0.176. The van der Waals surface area contributed by atoms with Crippen LogP contribution in [0.4, 0.5) is 4.39 Å². The number of unbranched alkanes of at least 4 members (excludes halogenated alkanes) is 2. The molecule has 0 spiro atoms. The summed E-state index contributed by atoms with van der Waals surface area (Å²) in [5.41, 5.74) is 1.03. The van der Waals surface area contributed by atoms with Gasteiger partial charge in [0.2, 0.25) is 0 Å². The van der Waals surface area contributed by atoms with Gasteiger partial charge in [-0.25, -0.2) is 4.39 Å². The van der Waals surface area contributed by atoms with E-state index in [0.717, 1.165) is 18.7 Å². The fraction of sp³-hybridized carbons (Fsp3) is 0.600. The Kier molecular flexibility index (Phi) is 6.87. The van der Waals surface area contributed by atoms with Gasteiger partial charge in [-0.3, -0.25) is 4.90 Å². The molecule has 0 aliphatic carbocycles. The SMILES string of the molecule is CCCCCN(Cc1cccc(F)c1Br)C(C)C. The molecule has 0 aromatic heterocycles. The van der Waals surface area contributed by atoms with E-state index < -0.39 is 0 Å². The van der Waals surface area contributed by atoms with E-state index in [4.69, 9.17) is 0 Å². The van der Waals surface area contributed by atoms with Crippen LogP contribution in [-0.4, -0.2) is 17.5 Å². The summed E-state index contributed by atoms with van der Waals surface area (Å²) in [6.07, 6.45) is 3.70. The quantitative estimate of drug-likeness (QED) is 0.641. The number of nitrogens with zero attached hydrogens (tertiary/aromatic N) is 1. The highest BCUT2D eigenvalue weighted by Gasteiger charge is 2.13. The minimum absolute atomic E-state index is 0.176. The molecule has 0 aliphatic heterocycles. The normalized spacial score (nSPS) is 11.5. The molecule has 0 saturated carbocycles. The largest absolute Gasteiger partial charge is 0.297 e. The molecule has 0 aliphatic rings. The Labute approximate surface area is 119 Å². The third kappa shape index (κ3) is 4.69. The fourth-order valence-corrected chi connectivity index (χ4v) is 2.36. The summed E-state index contributed by atoms with van der Waals surface area (Å²) < 4.78 is 14.1. The lowest BCUT2D eigenvalue weighted by Gasteiger charge is -2.27. The van der Waals surface area contributed by atoms with Crippen LogP contribution in [-0.2, 0) is 6.54 Å². The summed E-state index contributed by atoms with van der Waals surface area (Å²) in [7, 11) is 0. The molecule has 1 rings (SSSR count). The van der Waals surface area contributed by atoms with Crippen LogP contribution in [0.2, 0.25) is 0 Å². The lowest BCUT2D eigenvalue weighted by Crippen LogP contribution is -2.31. The second-order valence-electron chi connectivity index (χ2n) is 4.98. The molecular formula is C15H23BrFN. The molecule has 0 saturated heterocycles. The van der Waals surface area contributed by atoms with Crippen molar-refractivity contribution in [3.63, 3.8) is 0 Å². The van der Waals surface area contributed by atoms with Gasteiger partial charge in [-0.15, -0.1) is 0 Å². The van der Waals surface area contributed by atoms with Crippen molar-refractivity contribution in [2.24, 2.45) is 0 Å². The van der Waals surface area contributed by atoms with Gasteiger partial charge in [-0.2, -0.15) is 0 Å². The number of benzene rings is 1. The smallest absolute Gasteiger partial charge is 0.137 e. The predicted molar refractivity (Wildman–Crippen MR) is 79.2 cm³/mol. The third-order valence-electron chi connectivity index (χ3n) is 3.18. The van der Waals surface area contributed by atoms with E-state index >= 15 is 0 Å². The van der Waals surface area contributed by atoms with E-state index in [1.807, 2.05) is 6.07 Å². The van der Waals surface area contributed by atoms with E-state index in [9.17, 15) is 4.39 Å². The molecule has 102 valence electrons. The van der Waals surface area contributed by atoms with Crippen LogP contribution in [0.5, 0.6) is 0 Å². The lowest BCUT2D eigenvalue weighted by molar-refractivity contribution is 0.208. The van der Waals surface area contributed by atoms with Gasteiger partial charge in [0, 0.05) is 12.6 Å². The summed E-state index contributed by atoms with van der Waals surface area (Å²) in [4.78, 5) is 2.40. The van der Waals surface area contributed by atoms with Gasteiger partial charge >= 0.3 is 0 Å². The second-order valence-corrected chi connectivity index (χ2v) is 5.78. The molecule has 0 unspecified atom stereocenters. The molecule has 1 aromatic carbocycles. The number of rotatable bonds is 7. The maximum atomic E-state index is 13.5. The number of halogens is 2. The van der Waals surface area contributed by atoms with Gasteiger partial charge in [-0.1, -0.05) is 31.9 Å². The van der Waals surface area contributed by atoms with Crippen molar-refractivity contribution in [3.05, 3.63) is 34.1 Å².